The van der Waals surface area contributed by atoms with Crippen LogP contribution in [0.2, 0.25) is 0 Å². The molecular weight excluding hydrogens is 987 g/mol. The van der Waals surface area contributed by atoms with Gasteiger partial charge in [0, 0.05) is 50.0 Å². The summed E-state index contributed by atoms with van der Waals surface area (Å²) in [5, 5.41) is 3.91. The predicted octanol–water partition coefficient (Wildman–Crippen LogP) is 8.90. The Bertz CT molecular complexity index is 2060. The van der Waals surface area contributed by atoms with Gasteiger partial charge in [0.25, 0.3) is 11.1 Å². The minimum absolute atomic E-state index is 0. The van der Waals surface area contributed by atoms with Gasteiger partial charge < -0.3 is 20.7 Å². The average molecular weight is 1030 g/mol. The van der Waals surface area contributed by atoms with Crippen LogP contribution in [0, 0.1) is 3.82 Å². The molecule has 27 heteroatoms. The first-order chi connectivity index (χ1) is 26.4. The highest BCUT2D eigenvalue weighted by Gasteiger charge is 2.33. The number of nitrogen functional groups attached to an aromatic ring is 1. The molecule has 15 nitrogen and oxygen atoms in total. The van der Waals surface area contributed by atoms with Crippen LogP contribution in [0.15, 0.2) is 56.1 Å². The van der Waals surface area contributed by atoms with Crippen molar-refractivity contribution in [2.75, 3.05) is 39.2 Å². The smallest absolute Gasteiger partial charge is 0.289 e. The minimum atomic E-state index is -3.39. The number of amides is 2. The molecule has 322 valence electrons. The van der Waals surface area contributed by atoms with Gasteiger partial charge in [0.05, 0.1) is 51.9 Å². The highest BCUT2D eigenvalue weighted by molar-refractivity contribution is 8.88. The van der Waals surface area contributed by atoms with Gasteiger partial charge in [-0.25, -0.2) is 13.4 Å². The van der Waals surface area contributed by atoms with Crippen LogP contribution in [0.4, 0.5) is 9.80 Å². The van der Waals surface area contributed by atoms with Crippen molar-refractivity contribution >= 4 is 176 Å². The Labute approximate surface area is 380 Å². The van der Waals surface area contributed by atoms with Gasteiger partial charge in [0.15, 0.2) is 15.3 Å². The number of rotatable bonds is 4. The monoisotopic (exact) mass is 1030 g/mol. The van der Waals surface area contributed by atoms with E-state index >= 15 is 0 Å². The van der Waals surface area contributed by atoms with Crippen molar-refractivity contribution in [2.45, 2.75) is 46.4 Å². The molecule has 5 heterocycles. The van der Waals surface area contributed by atoms with Crippen molar-refractivity contribution in [1.82, 2.24) is 10.2 Å². The molecule has 1 fully saturated rings. The van der Waals surface area contributed by atoms with E-state index in [1.807, 2.05) is 21.0 Å². The second kappa shape index (κ2) is 31.8. The van der Waals surface area contributed by atoms with Crippen LogP contribution in [-0.4, -0.2) is 89.9 Å². The summed E-state index contributed by atoms with van der Waals surface area (Å²) in [6.45, 7) is 4.29. The number of nitrogens with two attached hydrogens (primary N) is 1. The number of carbonyl (C=O) groups excluding carboxylic acids is 6. The highest BCUT2D eigenvalue weighted by Crippen LogP contribution is 2.37. The van der Waals surface area contributed by atoms with Gasteiger partial charge in [-0.15, -0.1) is 0 Å². The Morgan fingerprint density at radius 3 is 2.03 bits per heavy atom. The Hall–Kier alpha value is -2.05. The summed E-state index contributed by atoms with van der Waals surface area (Å²) in [5.74, 6) is 0.334. The molecule has 3 aliphatic rings. The van der Waals surface area contributed by atoms with E-state index in [0.717, 1.165) is 57.1 Å². The third-order valence-corrected chi connectivity index (χ3v) is 17.9. The number of ether oxygens (including phenoxy) is 1. The van der Waals surface area contributed by atoms with Crippen LogP contribution < -0.4 is 20.5 Å². The largest absolute Gasteiger partial charge is 0.483 e. The third kappa shape index (κ3) is 25.5. The number of amidine groups is 1. The first-order valence-corrected chi connectivity index (χ1v) is 27.8. The van der Waals surface area contributed by atoms with E-state index in [2.05, 4.69) is 15.3 Å². The number of nitrogens with one attached hydrogen (secondary N) is 1. The molecule has 3 N–H and O–H groups in total. The summed E-state index contributed by atoms with van der Waals surface area (Å²) < 4.78 is 28.4. The van der Waals surface area contributed by atoms with Gasteiger partial charge in [-0.3, -0.25) is 33.6 Å². The summed E-state index contributed by atoms with van der Waals surface area (Å²) in [6, 6.07) is 9.54. The number of hydrogen-bond donors (Lipinski definition) is 2. The lowest BCUT2D eigenvalue weighted by Gasteiger charge is -2.00. The molecule has 1 aromatic carbocycles. The number of anilines is 1. The number of thioether (sulfide) groups is 1. The highest BCUT2D eigenvalue weighted by atomic mass is 33.1. The second-order valence-electron chi connectivity index (χ2n) is 9.54. The maximum atomic E-state index is 11.2. The number of carbonyl (C=O) groups is 6. The normalized spacial score (nSPS) is 14.0. The molecule has 0 saturated carbocycles. The molecule has 3 aliphatic heterocycles. The molecule has 3 aromatic rings. The fourth-order valence-corrected chi connectivity index (χ4v) is 12.8. The number of fused-ring (bicyclic) bond motifs is 1. The molecule has 0 atom stereocenters. The molecule has 0 radical (unpaired) electrons. The maximum absolute atomic E-state index is 11.2. The van der Waals surface area contributed by atoms with Crippen LogP contribution in [0.1, 0.15) is 51.9 Å². The van der Waals surface area contributed by atoms with E-state index < -0.39 is 8.87 Å². The average Bonchev–Trinajstić information content (AvgIpc) is 3.99. The Morgan fingerprint density at radius 2 is 1.64 bits per heavy atom. The lowest BCUT2D eigenvalue weighted by atomic mass is 10.2. The van der Waals surface area contributed by atoms with Crippen molar-refractivity contribution < 1.29 is 41.9 Å². The SMILES string of the molecule is C.C.CCC(=O)SSC(=O)NC.CCOc1cc(=O)ss1.CN(C)C=NC1=NC(=O)CS1.Nc1cc(=S)ss1.O=C1CC(=O)SS1.O=C1SS(=O)(=O)c2ccccc21. The second-order valence-corrected chi connectivity index (χ2v) is 23.7. The number of benzene rings is 1. The van der Waals surface area contributed by atoms with Crippen LogP contribution in [-0.2, 0) is 28.0 Å². The third-order valence-electron chi connectivity index (χ3n) is 4.93. The lowest BCUT2D eigenvalue weighted by molar-refractivity contribution is -0.117. The van der Waals surface area contributed by atoms with E-state index in [4.69, 9.17) is 22.7 Å². The summed E-state index contributed by atoms with van der Waals surface area (Å²) in [4.78, 5) is 83.2. The molecule has 0 spiro atoms. The fraction of sp³-hybridized carbons (Fsp3) is 0.355. The molecule has 1 saturated heterocycles. The molecule has 6 rings (SSSR count). The quantitative estimate of drug-likeness (QED) is 0.0817. The summed E-state index contributed by atoms with van der Waals surface area (Å²) in [6.07, 6.45) is 2.22. The van der Waals surface area contributed by atoms with Gasteiger partial charge in [-0.1, -0.05) is 78.6 Å². The zero-order chi connectivity index (χ0) is 42.3. The maximum Gasteiger partial charge on any atom is 0.289 e. The van der Waals surface area contributed by atoms with Crippen molar-refractivity contribution in [3.63, 3.8) is 0 Å². The molecule has 0 bridgehead atoms. The minimum Gasteiger partial charge on any atom is -0.483 e. The van der Waals surface area contributed by atoms with Gasteiger partial charge in [0.1, 0.15) is 3.82 Å². The van der Waals surface area contributed by atoms with Crippen molar-refractivity contribution in [3.8, 4) is 5.06 Å². The van der Waals surface area contributed by atoms with Gasteiger partial charge in [0.2, 0.25) is 29.0 Å². The van der Waals surface area contributed by atoms with E-state index in [1.165, 1.54) is 78.4 Å². The zero-order valence-electron chi connectivity index (χ0n) is 29.8. The van der Waals surface area contributed by atoms with Crippen LogP contribution >= 0.6 is 119 Å². The van der Waals surface area contributed by atoms with Crippen LogP contribution in [0.25, 0.3) is 0 Å². The Morgan fingerprint density at radius 1 is 1.00 bits per heavy atom. The Balaban J connectivity index is 0. The van der Waals surface area contributed by atoms with Gasteiger partial charge >= 0.3 is 0 Å². The molecule has 0 aliphatic carbocycles. The van der Waals surface area contributed by atoms with E-state index in [9.17, 15) is 42.0 Å². The zero-order valence-corrected chi connectivity index (χ0v) is 39.6. The molecular formula is C31H41N5O10S12. The van der Waals surface area contributed by atoms with Crippen molar-refractivity contribution in [3.05, 3.63) is 55.3 Å². The topological polar surface area (TPSA) is 229 Å². The summed E-state index contributed by atoms with van der Waals surface area (Å²) in [5.41, 5.74) is 5.63. The number of hydrogen-bond acceptors (Lipinski definition) is 23. The van der Waals surface area contributed by atoms with E-state index in [1.54, 1.807) is 36.4 Å². The fourth-order valence-electron chi connectivity index (χ4n) is 2.71. The predicted molar refractivity (Wildman–Crippen MR) is 258 cm³/mol. The van der Waals surface area contributed by atoms with E-state index in [0.29, 0.717) is 40.3 Å². The van der Waals surface area contributed by atoms with Crippen LogP contribution in [0.5, 0.6) is 5.06 Å². The van der Waals surface area contributed by atoms with Gasteiger partial charge in [-0.2, -0.15) is 4.99 Å². The van der Waals surface area contributed by atoms with Crippen molar-refractivity contribution in [2.24, 2.45) is 9.98 Å². The van der Waals surface area contributed by atoms with Gasteiger partial charge in [-0.05, 0) is 72.1 Å². The Kier molecular flexibility index (Phi) is 31.8. The molecule has 0 unspecified atom stereocenters. The molecule has 58 heavy (non-hydrogen) atoms. The number of aliphatic imine (C=N–C) groups is 2. The van der Waals surface area contributed by atoms with Crippen molar-refractivity contribution in [1.29, 1.82) is 0 Å². The molecule has 2 aromatic heterocycles. The standard InChI is InChI=1S/C7H4O3S2.C6H9N3OS.C5H9NO2S2.C5H6O2S2.C3H3NS3.C3H2O2S2.2CH4/c8-7-5-3-1-2-4-6(5)12(9,10)11-7;1-9(2)4-7-6-8-5(10)3-11-6;1-3-4(7)9-10-5(8)6-2;1-2-7-5-3-4(6)8-9-5;2*4-2-1-3(5)7-6-2;;/h1-4H;4H,3H2,1-2H3;3H2,1-2H3,(H,6,8);3H,2H2,1H3;1H,4H2;1H2;2*1H4. The molecule has 2 amide bonds. The van der Waals surface area contributed by atoms with Crippen LogP contribution in [0.3, 0.4) is 0 Å². The first-order valence-electron chi connectivity index (χ1n) is 15.0. The lowest BCUT2D eigenvalue weighted by Crippen LogP contribution is -2.10. The van der Waals surface area contributed by atoms with E-state index in [-0.39, 0.29) is 62.5 Å². The first kappa shape index (κ1) is 58.0. The number of nitrogens with zero attached hydrogens (tertiary/aromatic N) is 3. The summed E-state index contributed by atoms with van der Waals surface area (Å²) in [7, 11) is 11.9. The summed E-state index contributed by atoms with van der Waals surface area (Å²) >= 11 is 6.15.